The van der Waals surface area contributed by atoms with Crippen LogP contribution in [0.1, 0.15) is 85.6 Å². The first-order chi connectivity index (χ1) is 24.5. The molecule has 2 aromatic rings. The van der Waals surface area contributed by atoms with Crippen LogP contribution in [-0.4, -0.2) is 87.0 Å². The van der Waals surface area contributed by atoms with Crippen LogP contribution in [0.25, 0.3) is 10.8 Å². The number of carbonyl (C=O) groups excluding carboxylic acids is 3. The number of amides is 4. The summed E-state index contributed by atoms with van der Waals surface area (Å²) in [5.74, 6) is -2.84. The number of sulfonamides is 1. The summed E-state index contributed by atoms with van der Waals surface area (Å²) < 4.78 is 35.1. The highest BCUT2D eigenvalue weighted by atomic mass is 32.2. The second-order valence-electron chi connectivity index (χ2n) is 15.6. The van der Waals surface area contributed by atoms with E-state index in [9.17, 15) is 37.5 Å². The van der Waals surface area contributed by atoms with Crippen LogP contribution in [0, 0.1) is 17.8 Å². The molecular formula is C36H48N6O9S. The van der Waals surface area contributed by atoms with E-state index in [1.165, 1.54) is 9.58 Å². The fourth-order valence-corrected chi connectivity index (χ4v) is 8.81. The van der Waals surface area contributed by atoms with Gasteiger partial charge in [0, 0.05) is 12.3 Å². The number of rotatable bonds is 7. The van der Waals surface area contributed by atoms with Gasteiger partial charge in [0.2, 0.25) is 27.7 Å². The molecule has 1 aromatic heterocycles. The SMILES string of the molecule is CC(C)n1nc(O[C@@H]2C[C@H]3C(=O)N[C@]4(C(=O)NS(=O)(=O)C5(C)CC5)C[C@H]4/C=C\CC[C@@H](C)C[C@@H](C)[C@H](NC(=O)O)C(=O)N3C2)c2ccccc2c1=O. The van der Waals surface area contributed by atoms with Gasteiger partial charge in [-0.1, -0.05) is 38.1 Å². The second-order valence-corrected chi connectivity index (χ2v) is 17.8. The van der Waals surface area contributed by atoms with Crippen LogP contribution in [0.15, 0.2) is 41.2 Å². The average molecular weight is 741 g/mol. The van der Waals surface area contributed by atoms with Crippen LogP contribution in [0.2, 0.25) is 0 Å². The van der Waals surface area contributed by atoms with Crippen LogP contribution in [0.4, 0.5) is 4.79 Å². The van der Waals surface area contributed by atoms with Crippen LogP contribution < -0.4 is 25.7 Å². The topological polar surface area (TPSA) is 206 Å². The van der Waals surface area contributed by atoms with Gasteiger partial charge in [0.1, 0.15) is 23.7 Å². The summed E-state index contributed by atoms with van der Waals surface area (Å²) >= 11 is 0. The third-order valence-electron chi connectivity index (χ3n) is 11.1. The van der Waals surface area contributed by atoms with Gasteiger partial charge in [-0.3, -0.25) is 23.9 Å². The molecule has 0 bridgehead atoms. The minimum absolute atomic E-state index is 0.0481. The van der Waals surface area contributed by atoms with E-state index in [1.807, 2.05) is 32.9 Å². The second kappa shape index (κ2) is 13.8. The minimum atomic E-state index is -4.02. The number of aromatic nitrogens is 2. The average Bonchev–Trinajstić information content (AvgIpc) is 3.96. The molecule has 1 saturated heterocycles. The smallest absolute Gasteiger partial charge is 0.405 e. The van der Waals surface area contributed by atoms with Gasteiger partial charge < -0.3 is 25.4 Å². The van der Waals surface area contributed by atoms with Crippen molar-refractivity contribution in [3.8, 4) is 5.88 Å². The molecule has 16 heteroatoms. The van der Waals surface area contributed by atoms with Crippen LogP contribution in [0.5, 0.6) is 5.88 Å². The minimum Gasteiger partial charge on any atom is -0.471 e. The van der Waals surface area contributed by atoms with E-state index in [4.69, 9.17) is 4.74 Å². The van der Waals surface area contributed by atoms with Gasteiger partial charge in [0.15, 0.2) is 0 Å². The maximum Gasteiger partial charge on any atom is 0.405 e. The summed E-state index contributed by atoms with van der Waals surface area (Å²) in [7, 11) is -4.02. The number of fused-ring (bicyclic) bond motifs is 3. The van der Waals surface area contributed by atoms with Crippen molar-refractivity contribution in [1.29, 1.82) is 0 Å². The number of nitrogens with zero attached hydrogens (tertiary/aromatic N) is 3. The summed E-state index contributed by atoms with van der Waals surface area (Å²) in [6.45, 7) is 8.87. The van der Waals surface area contributed by atoms with Crippen LogP contribution in [0.3, 0.4) is 0 Å². The molecule has 15 nitrogen and oxygen atoms in total. The number of carboxylic acid groups (broad SMARTS) is 1. The van der Waals surface area contributed by atoms with Crippen molar-refractivity contribution in [2.45, 2.75) is 114 Å². The molecule has 6 rings (SSSR count). The third-order valence-corrected chi connectivity index (χ3v) is 13.2. The van der Waals surface area contributed by atoms with Crippen molar-refractivity contribution < 1.29 is 37.4 Å². The van der Waals surface area contributed by atoms with Gasteiger partial charge >= 0.3 is 6.09 Å². The van der Waals surface area contributed by atoms with Gasteiger partial charge in [0.25, 0.3) is 11.5 Å². The highest BCUT2D eigenvalue weighted by molar-refractivity contribution is 7.91. The summed E-state index contributed by atoms with van der Waals surface area (Å²) in [4.78, 5) is 69.0. The van der Waals surface area contributed by atoms with E-state index >= 15 is 0 Å². The molecule has 282 valence electrons. The van der Waals surface area contributed by atoms with Gasteiger partial charge in [-0.2, -0.15) is 0 Å². The van der Waals surface area contributed by atoms with Gasteiger partial charge in [0.05, 0.1) is 28.1 Å². The van der Waals surface area contributed by atoms with E-state index in [1.54, 1.807) is 38.1 Å². The maximum absolute atomic E-state index is 14.4. The maximum atomic E-state index is 14.4. The number of hydrogen-bond acceptors (Lipinski definition) is 9. The standard InChI is InChI=1S/C36H48N6O9S/c1-20(2)42-31(44)26-13-9-8-12-25(26)30(39-42)51-24-17-27-29(43)38-36(33(46)40-52(49,50)35(5)14-15-35)18-23(36)11-7-6-10-21(3)16-22(4)28(37-34(47)48)32(45)41(27)19-24/h7-9,11-13,20-24,27-28,37H,6,10,14-19H2,1-5H3,(H,38,43)(H,40,46)(H,47,48)/b11-7-/t21-,22-,23-,24-,27+,28+,36-/m1/s1. The molecule has 3 fully saturated rings. The highest BCUT2D eigenvalue weighted by Gasteiger charge is 2.63. The van der Waals surface area contributed by atoms with E-state index in [-0.39, 0.29) is 42.8 Å². The Kier molecular flexibility index (Phi) is 9.91. The Bertz CT molecular complexity index is 1980. The summed E-state index contributed by atoms with van der Waals surface area (Å²) in [6.07, 6.45) is 4.38. The zero-order valence-electron chi connectivity index (χ0n) is 30.1. The van der Waals surface area contributed by atoms with E-state index in [0.29, 0.717) is 36.5 Å². The van der Waals surface area contributed by atoms with E-state index in [0.717, 1.165) is 6.42 Å². The van der Waals surface area contributed by atoms with Crippen molar-refractivity contribution in [3.05, 3.63) is 46.8 Å². The Morgan fingerprint density at radius 1 is 1.10 bits per heavy atom. The summed E-state index contributed by atoms with van der Waals surface area (Å²) in [5.41, 5.74) is -1.87. The normalized spacial score (nSPS) is 31.0. The third kappa shape index (κ3) is 7.13. The van der Waals surface area contributed by atoms with Gasteiger partial charge in [-0.05, 0) is 83.3 Å². The molecule has 4 N–H and O–H groups in total. The fourth-order valence-electron chi connectivity index (χ4n) is 7.50. The number of hydrogen-bond donors (Lipinski definition) is 4. The molecule has 0 unspecified atom stereocenters. The molecule has 4 aliphatic rings. The van der Waals surface area contributed by atoms with Gasteiger partial charge in [-0.15, -0.1) is 5.10 Å². The molecule has 2 aliphatic carbocycles. The Hall–Kier alpha value is -4.47. The lowest BCUT2D eigenvalue weighted by atomic mass is 9.88. The largest absolute Gasteiger partial charge is 0.471 e. The van der Waals surface area contributed by atoms with E-state index in [2.05, 4.69) is 20.5 Å². The lowest BCUT2D eigenvalue weighted by Gasteiger charge is -2.32. The lowest BCUT2D eigenvalue weighted by molar-refractivity contribution is -0.142. The van der Waals surface area contributed by atoms with Crippen molar-refractivity contribution in [1.82, 2.24) is 30.0 Å². The first-order valence-corrected chi connectivity index (χ1v) is 19.5. The molecule has 2 aliphatic heterocycles. The van der Waals surface area contributed by atoms with Crippen LogP contribution in [-0.2, 0) is 24.4 Å². The molecule has 7 atom stereocenters. The number of benzene rings is 1. The van der Waals surface area contributed by atoms with E-state index < -0.39 is 74.1 Å². The zero-order chi connectivity index (χ0) is 37.7. The summed E-state index contributed by atoms with van der Waals surface area (Å²) in [5, 5.41) is 20.3. The molecule has 0 spiro atoms. The first kappa shape index (κ1) is 37.3. The van der Waals surface area contributed by atoms with Crippen molar-refractivity contribution >= 4 is 44.6 Å². The Labute approximate surface area is 302 Å². The zero-order valence-corrected chi connectivity index (χ0v) is 30.9. The number of nitrogens with one attached hydrogen (secondary N) is 3. The molecule has 2 saturated carbocycles. The number of ether oxygens (including phenoxy) is 1. The lowest BCUT2D eigenvalue weighted by Crippen LogP contribution is -2.59. The molecule has 4 amide bonds. The number of carbonyl (C=O) groups is 4. The Morgan fingerprint density at radius 3 is 2.44 bits per heavy atom. The van der Waals surface area contributed by atoms with Gasteiger partial charge in [-0.25, -0.2) is 17.9 Å². The monoisotopic (exact) mass is 740 g/mol. The number of allylic oxidation sites excluding steroid dienone is 1. The Balaban J connectivity index is 1.37. The van der Waals surface area contributed by atoms with Crippen LogP contribution >= 0.6 is 0 Å². The predicted molar refractivity (Wildman–Crippen MR) is 191 cm³/mol. The van der Waals surface area contributed by atoms with Crippen molar-refractivity contribution in [2.24, 2.45) is 17.8 Å². The predicted octanol–water partition coefficient (Wildman–Crippen LogP) is 2.85. The molecule has 1 aromatic carbocycles. The molecule has 0 radical (unpaired) electrons. The first-order valence-electron chi connectivity index (χ1n) is 18.0. The quantitative estimate of drug-likeness (QED) is 0.306. The molecule has 52 heavy (non-hydrogen) atoms. The Morgan fingerprint density at radius 2 is 1.79 bits per heavy atom. The summed E-state index contributed by atoms with van der Waals surface area (Å²) in [6, 6.07) is 4.14. The molecule has 3 heterocycles. The molecular weight excluding hydrogens is 692 g/mol. The highest BCUT2D eigenvalue weighted by Crippen LogP contribution is 2.47. The van der Waals surface area contributed by atoms with Crippen molar-refractivity contribution in [2.75, 3.05) is 6.54 Å². The van der Waals surface area contributed by atoms with Crippen molar-refractivity contribution in [3.63, 3.8) is 0 Å². The fraction of sp³-hybridized carbons (Fsp3) is 0.611.